The molecule has 0 atom stereocenters. The smallest absolute Gasteiger partial charge is 0.193 e. The minimum atomic E-state index is 0.310. The molecule has 1 saturated carbocycles. The van der Waals surface area contributed by atoms with Crippen molar-refractivity contribution in [2.45, 2.75) is 18.8 Å². The van der Waals surface area contributed by atoms with E-state index in [1.54, 1.807) is 7.11 Å². The molecule has 66 valence electrons. The van der Waals surface area contributed by atoms with Crippen LogP contribution in [-0.2, 0) is 4.74 Å². The highest BCUT2D eigenvalue weighted by atomic mass is 16.7. The van der Waals surface area contributed by atoms with Crippen molar-refractivity contribution in [3.8, 4) is 5.88 Å². The van der Waals surface area contributed by atoms with Crippen LogP contribution in [0.5, 0.6) is 5.88 Å². The summed E-state index contributed by atoms with van der Waals surface area (Å²) in [5.74, 6) is 1.56. The summed E-state index contributed by atoms with van der Waals surface area (Å²) in [6, 6.07) is 4.04. The minimum Gasteiger partial charge on any atom is -0.452 e. The maximum Gasteiger partial charge on any atom is 0.193 e. The molecule has 3 heteroatoms. The second kappa shape index (κ2) is 3.19. The fraction of sp³-hybridized carbons (Fsp3) is 0.556. The summed E-state index contributed by atoms with van der Waals surface area (Å²) in [7, 11) is 1.62. The Morgan fingerprint density at radius 3 is 3.00 bits per heavy atom. The molecule has 1 aliphatic rings. The van der Waals surface area contributed by atoms with E-state index in [-0.39, 0.29) is 0 Å². The quantitative estimate of drug-likeness (QED) is 0.695. The van der Waals surface area contributed by atoms with Crippen LogP contribution in [0.15, 0.2) is 12.1 Å². The topological polar surface area (TPSA) is 34.2 Å². The third-order valence-corrected chi connectivity index (χ3v) is 2.03. The first-order chi connectivity index (χ1) is 5.90. The van der Waals surface area contributed by atoms with Crippen LogP contribution in [0.2, 0.25) is 0 Å². The predicted molar refractivity (Wildman–Crippen MR) is 45.3 cm³/mol. The SMILES string of the molecule is COCOc1ccc(C2CC2)[nH]1. The van der Waals surface area contributed by atoms with Gasteiger partial charge in [0.05, 0.1) is 0 Å². The molecule has 1 heterocycles. The number of nitrogens with one attached hydrogen (secondary N) is 1. The molecule has 0 amide bonds. The average Bonchev–Trinajstić information content (AvgIpc) is 2.83. The average molecular weight is 167 g/mol. The highest BCUT2D eigenvalue weighted by Gasteiger charge is 2.24. The van der Waals surface area contributed by atoms with E-state index < -0.39 is 0 Å². The lowest BCUT2D eigenvalue weighted by Gasteiger charge is -2.00. The van der Waals surface area contributed by atoms with E-state index in [1.165, 1.54) is 18.5 Å². The molecule has 1 N–H and O–H groups in total. The minimum absolute atomic E-state index is 0.310. The zero-order valence-corrected chi connectivity index (χ0v) is 7.17. The summed E-state index contributed by atoms with van der Waals surface area (Å²) < 4.78 is 10.0. The van der Waals surface area contributed by atoms with E-state index in [0.29, 0.717) is 6.79 Å². The van der Waals surface area contributed by atoms with Crippen LogP contribution in [-0.4, -0.2) is 18.9 Å². The Labute approximate surface area is 71.7 Å². The summed E-state index contributed by atoms with van der Waals surface area (Å²) in [5, 5.41) is 0. The molecule has 0 spiro atoms. The number of ether oxygens (including phenoxy) is 2. The molecule has 3 nitrogen and oxygen atoms in total. The van der Waals surface area contributed by atoms with Crippen molar-refractivity contribution in [1.82, 2.24) is 4.98 Å². The number of aromatic amines is 1. The Hall–Kier alpha value is -0.960. The Bertz CT molecular complexity index is 253. The third kappa shape index (κ3) is 1.61. The molecule has 0 radical (unpaired) electrons. The summed E-state index contributed by atoms with van der Waals surface area (Å²) >= 11 is 0. The standard InChI is InChI=1S/C9H13NO2/c1-11-6-12-9-5-4-8(10-9)7-2-3-7/h4-5,7,10H,2-3,6H2,1H3. The molecule has 0 aromatic carbocycles. The van der Waals surface area contributed by atoms with Gasteiger partial charge < -0.3 is 14.5 Å². The van der Waals surface area contributed by atoms with E-state index in [1.807, 2.05) is 6.07 Å². The number of hydrogen-bond acceptors (Lipinski definition) is 2. The first-order valence-corrected chi connectivity index (χ1v) is 4.21. The monoisotopic (exact) mass is 167 g/mol. The number of hydrogen-bond donors (Lipinski definition) is 1. The molecule has 1 aliphatic carbocycles. The van der Waals surface area contributed by atoms with Gasteiger partial charge in [-0.2, -0.15) is 0 Å². The van der Waals surface area contributed by atoms with E-state index in [9.17, 15) is 0 Å². The zero-order chi connectivity index (χ0) is 8.39. The van der Waals surface area contributed by atoms with E-state index in [0.717, 1.165) is 11.8 Å². The summed E-state index contributed by atoms with van der Waals surface area (Å²) in [5.41, 5.74) is 1.29. The van der Waals surface area contributed by atoms with Crippen LogP contribution >= 0.6 is 0 Å². The van der Waals surface area contributed by atoms with Crippen molar-refractivity contribution >= 4 is 0 Å². The Morgan fingerprint density at radius 2 is 2.33 bits per heavy atom. The van der Waals surface area contributed by atoms with Gasteiger partial charge in [0.25, 0.3) is 0 Å². The summed E-state index contributed by atoms with van der Waals surface area (Å²) in [6.45, 7) is 0.310. The first-order valence-electron chi connectivity index (χ1n) is 4.21. The summed E-state index contributed by atoms with van der Waals surface area (Å²) in [6.07, 6.45) is 2.62. The van der Waals surface area contributed by atoms with Gasteiger partial charge in [-0.15, -0.1) is 0 Å². The lowest BCUT2D eigenvalue weighted by Crippen LogP contribution is -1.98. The molecule has 12 heavy (non-hydrogen) atoms. The number of rotatable bonds is 4. The molecule has 2 rings (SSSR count). The van der Waals surface area contributed by atoms with Gasteiger partial charge in [0.1, 0.15) is 0 Å². The number of H-pyrrole nitrogens is 1. The van der Waals surface area contributed by atoms with Crippen molar-refractivity contribution in [2.24, 2.45) is 0 Å². The number of methoxy groups -OCH3 is 1. The van der Waals surface area contributed by atoms with Gasteiger partial charge >= 0.3 is 0 Å². The molecular weight excluding hydrogens is 154 g/mol. The van der Waals surface area contributed by atoms with Crippen LogP contribution in [0.3, 0.4) is 0 Å². The lowest BCUT2D eigenvalue weighted by atomic mass is 10.3. The molecular formula is C9H13NO2. The van der Waals surface area contributed by atoms with Crippen molar-refractivity contribution in [1.29, 1.82) is 0 Å². The van der Waals surface area contributed by atoms with Gasteiger partial charge in [0.15, 0.2) is 12.7 Å². The maximum atomic E-state index is 5.24. The van der Waals surface area contributed by atoms with Gasteiger partial charge in [-0.05, 0) is 24.8 Å². The molecule has 1 aromatic rings. The van der Waals surface area contributed by atoms with Crippen molar-refractivity contribution in [2.75, 3.05) is 13.9 Å². The number of aromatic nitrogens is 1. The molecule has 0 bridgehead atoms. The van der Waals surface area contributed by atoms with Gasteiger partial charge in [-0.25, -0.2) is 0 Å². The Balaban J connectivity index is 1.93. The zero-order valence-electron chi connectivity index (χ0n) is 7.17. The van der Waals surface area contributed by atoms with Gasteiger partial charge in [0.2, 0.25) is 0 Å². The van der Waals surface area contributed by atoms with E-state index >= 15 is 0 Å². The third-order valence-electron chi connectivity index (χ3n) is 2.03. The van der Waals surface area contributed by atoms with Crippen LogP contribution in [0, 0.1) is 0 Å². The lowest BCUT2D eigenvalue weighted by molar-refractivity contribution is 0.0481. The maximum absolute atomic E-state index is 5.24. The molecule has 1 aromatic heterocycles. The van der Waals surface area contributed by atoms with E-state index in [2.05, 4.69) is 11.1 Å². The largest absolute Gasteiger partial charge is 0.452 e. The van der Waals surface area contributed by atoms with Gasteiger partial charge in [0, 0.05) is 18.9 Å². The molecule has 0 unspecified atom stereocenters. The van der Waals surface area contributed by atoms with Crippen molar-refractivity contribution in [3.05, 3.63) is 17.8 Å². The van der Waals surface area contributed by atoms with Gasteiger partial charge in [-0.1, -0.05) is 0 Å². The fourth-order valence-electron chi connectivity index (χ4n) is 1.23. The second-order valence-corrected chi connectivity index (χ2v) is 3.10. The predicted octanol–water partition coefficient (Wildman–Crippen LogP) is 1.87. The molecule has 0 saturated heterocycles. The highest BCUT2D eigenvalue weighted by Crippen LogP contribution is 2.39. The molecule has 0 aliphatic heterocycles. The van der Waals surface area contributed by atoms with Crippen LogP contribution in [0.4, 0.5) is 0 Å². The van der Waals surface area contributed by atoms with Crippen molar-refractivity contribution in [3.63, 3.8) is 0 Å². The van der Waals surface area contributed by atoms with Crippen molar-refractivity contribution < 1.29 is 9.47 Å². The Kier molecular flexibility index (Phi) is 2.04. The Morgan fingerprint density at radius 1 is 1.50 bits per heavy atom. The fourth-order valence-corrected chi connectivity index (χ4v) is 1.23. The van der Waals surface area contributed by atoms with Crippen LogP contribution in [0.25, 0.3) is 0 Å². The normalized spacial score (nSPS) is 16.4. The second-order valence-electron chi connectivity index (χ2n) is 3.10. The summed E-state index contributed by atoms with van der Waals surface area (Å²) in [4.78, 5) is 3.21. The molecule has 1 fully saturated rings. The van der Waals surface area contributed by atoms with Gasteiger partial charge in [-0.3, -0.25) is 0 Å². The first kappa shape index (κ1) is 7.68. The van der Waals surface area contributed by atoms with E-state index in [4.69, 9.17) is 9.47 Å². The van der Waals surface area contributed by atoms with Crippen LogP contribution < -0.4 is 4.74 Å². The highest BCUT2D eigenvalue weighted by molar-refractivity contribution is 5.23. The van der Waals surface area contributed by atoms with Crippen LogP contribution in [0.1, 0.15) is 24.5 Å².